The predicted molar refractivity (Wildman–Crippen MR) is 48.7 cm³/mol. The molecule has 65 valence electrons. The third-order valence-corrected chi connectivity index (χ3v) is 2.05. The van der Waals surface area contributed by atoms with Gasteiger partial charge in [-0.25, -0.2) is 4.79 Å². The lowest BCUT2D eigenvalue weighted by Crippen LogP contribution is -1.99. The summed E-state index contributed by atoms with van der Waals surface area (Å²) in [4.78, 5) is 10.8. The van der Waals surface area contributed by atoms with Gasteiger partial charge in [-0.15, -0.1) is 0 Å². The van der Waals surface area contributed by atoms with Gasteiger partial charge < -0.3 is 9.67 Å². The molecule has 0 fully saturated rings. The molecule has 0 bridgehead atoms. The zero-order valence-electron chi connectivity index (χ0n) is 7.11. The van der Waals surface area contributed by atoms with Gasteiger partial charge in [0.1, 0.15) is 0 Å². The van der Waals surface area contributed by atoms with Crippen molar-refractivity contribution in [3.63, 3.8) is 0 Å². The van der Waals surface area contributed by atoms with Crippen LogP contribution >= 0.6 is 0 Å². The molecule has 1 aromatic heterocycles. The molecule has 2 rings (SSSR count). The van der Waals surface area contributed by atoms with Gasteiger partial charge in [0.2, 0.25) is 0 Å². The van der Waals surface area contributed by atoms with Crippen molar-refractivity contribution in [2.24, 2.45) is 7.05 Å². The number of carboxylic acids is 1. The second kappa shape index (κ2) is 2.62. The minimum Gasteiger partial charge on any atom is -0.478 e. The highest BCUT2D eigenvalue weighted by Crippen LogP contribution is 2.18. The Labute approximate surface area is 75.2 Å². The van der Waals surface area contributed by atoms with Gasteiger partial charge in [0.25, 0.3) is 0 Å². The number of rotatable bonds is 1. The Morgan fingerprint density at radius 2 is 2.31 bits per heavy atom. The lowest BCUT2D eigenvalue weighted by atomic mass is 10.1. The molecule has 1 aromatic carbocycles. The molecule has 0 saturated carbocycles. The van der Waals surface area contributed by atoms with Crippen LogP contribution in [0.5, 0.6) is 0 Å². The predicted octanol–water partition coefficient (Wildman–Crippen LogP) is 1.68. The Balaban J connectivity index is 2.88. The van der Waals surface area contributed by atoms with Gasteiger partial charge in [-0.05, 0) is 18.2 Å². The van der Waals surface area contributed by atoms with Crippen molar-refractivity contribution >= 4 is 16.9 Å². The number of aromatic nitrogens is 1. The van der Waals surface area contributed by atoms with Crippen molar-refractivity contribution in [3.05, 3.63) is 36.0 Å². The van der Waals surface area contributed by atoms with Crippen LogP contribution in [0.1, 0.15) is 10.4 Å². The van der Waals surface area contributed by atoms with E-state index in [2.05, 4.69) is 6.07 Å². The molecule has 1 N–H and O–H groups in total. The number of fused-ring (bicyclic) bond motifs is 1. The van der Waals surface area contributed by atoms with Crippen LogP contribution in [-0.2, 0) is 7.05 Å². The summed E-state index contributed by atoms with van der Waals surface area (Å²) in [6.07, 6.45) is 1.83. The number of nitrogens with zero attached hydrogens (tertiary/aromatic N) is 1. The van der Waals surface area contributed by atoms with E-state index in [9.17, 15) is 4.79 Å². The van der Waals surface area contributed by atoms with Crippen LogP contribution in [0.15, 0.2) is 24.4 Å². The highest BCUT2D eigenvalue weighted by molar-refractivity contribution is 6.02. The first-order chi connectivity index (χ1) is 6.20. The summed E-state index contributed by atoms with van der Waals surface area (Å²) in [7, 11) is 1.82. The minimum absolute atomic E-state index is 0.321. The second-order valence-corrected chi connectivity index (χ2v) is 2.89. The average molecular weight is 174 g/mol. The van der Waals surface area contributed by atoms with Gasteiger partial charge in [-0.2, -0.15) is 0 Å². The highest BCUT2D eigenvalue weighted by atomic mass is 16.4. The molecule has 1 radical (unpaired) electrons. The standard InChI is InChI=1S/C10H8NO2/c1-11-6-5-7-3-2-4-8(9(7)11)10(12)13/h2,4-6H,1H3,(H,12,13). The zero-order valence-corrected chi connectivity index (χ0v) is 7.11. The number of aromatic carboxylic acids is 1. The Kier molecular flexibility index (Phi) is 1.59. The highest BCUT2D eigenvalue weighted by Gasteiger charge is 2.09. The van der Waals surface area contributed by atoms with E-state index >= 15 is 0 Å². The summed E-state index contributed by atoms with van der Waals surface area (Å²) < 4.78 is 1.79. The lowest BCUT2D eigenvalue weighted by Gasteiger charge is -2.00. The summed E-state index contributed by atoms with van der Waals surface area (Å²) in [6, 6.07) is 8.02. The normalized spacial score (nSPS) is 10.5. The maximum atomic E-state index is 10.8. The molecule has 0 aliphatic heterocycles. The lowest BCUT2D eigenvalue weighted by molar-refractivity contribution is 0.0698. The van der Waals surface area contributed by atoms with Crippen molar-refractivity contribution in [3.8, 4) is 0 Å². The molecule has 0 spiro atoms. The molecule has 13 heavy (non-hydrogen) atoms. The molecular weight excluding hydrogens is 166 g/mol. The third-order valence-electron chi connectivity index (χ3n) is 2.05. The molecule has 3 heteroatoms. The van der Waals surface area contributed by atoms with Crippen LogP contribution in [0, 0.1) is 6.07 Å². The van der Waals surface area contributed by atoms with Gasteiger partial charge >= 0.3 is 5.97 Å². The van der Waals surface area contributed by atoms with Crippen LogP contribution in [0.4, 0.5) is 0 Å². The van der Waals surface area contributed by atoms with Crippen molar-refractivity contribution < 1.29 is 9.90 Å². The fourth-order valence-electron chi connectivity index (χ4n) is 1.45. The first-order valence-corrected chi connectivity index (χ1v) is 3.89. The van der Waals surface area contributed by atoms with Crippen LogP contribution in [-0.4, -0.2) is 15.6 Å². The number of benzene rings is 1. The minimum atomic E-state index is -0.902. The van der Waals surface area contributed by atoms with Crippen molar-refractivity contribution in [2.75, 3.05) is 0 Å². The maximum absolute atomic E-state index is 10.8. The Morgan fingerprint density at radius 3 is 3.00 bits per heavy atom. The maximum Gasteiger partial charge on any atom is 0.337 e. The first kappa shape index (κ1) is 7.86. The van der Waals surface area contributed by atoms with Gasteiger partial charge in [0, 0.05) is 18.6 Å². The van der Waals surface area contributed by atoms with E-state index in [0.29, 0.717) is 5.56 Å². The van der Waals surface area contributed by atoms with Crippen molar-refractivity contribution in [1.29, 1.82) is 0 Å². The van der Waals surface area contributed by atoms with E-state index in [1.165, 1.54) is 0 Å². The fourth-order valence-corrected chi connectivity index (χ4v) is 1.45. The summed E-state index contributed by atoms with van der Waals surface area (Å²) >= 11 is 0. The Hall–Kier alpha value is -1.77. The largest absolute Gasteiger partial charge is 0.478 e. The van der Waals surface area contributed by atoms with E-state index in [0.717, 1.165) is 10.9 Å². The Morgan fingerprint density at radius 1 is 1.54 bits per heavy atom. The van der Waals surface area contributed by atoms with Gasteiger partial charge in [0.15, 0.2) is 0 Å². The SMILES string of the molecule is Cn1ccc2[c]ccc(C(=O)O)c21. The fraction of sp³-hybridized carbons (Fsp3) is 0.100. The molecule has 0 aliphatic carbocycles. The summed E-state index contributed by atoms with van der Waals surface area (Å²) in [5.41, 5.74) is 1.04. The van der Waals surface area contributed by atoms with Crippen LogP contribution in [0.3, 0.4) is 0 Å². The zero-order chi connectivity index (χ0) is 9.42. The number of hydrogen-bond donors (Lipinski definition) is 1. The van der Waals surface area contributed by atoms with E-state index in [-0.39, 0.29) is 0 Å². The van der Waals surface area contributed by atoms with Crippen molar-refractivity contribution in [2.45, 2.75) is 0 Å². The van der Waals surface area contributed by atoms with E-state index in [1.54, 1.807) is 16.7 Å². The molecule has 0 aliphatic rings. The average Bonchev–Trinajstić information content (AvgIpc) is 2.48. The van der Waals surface area contributed by atoms with E-state index in [4.69, 9.17) is 5.11 Å². The van der Waals surface area contributed by atoms with Crippen LogP contribution < -0.4 is 0 Å². The second-order valence-electron chi connectivity index (χ2n) is 2.89. The van der Waals surface area contributed by atoms with E-state index in [1.807, 2.05) is 19.3 Å². The number of carboxylic acid groups (broad SMARTS) is 1. The molecule has 1 heterocycles. The van der Waals surface area contributed by atoms with Gasteiger partial charge in [-0.3, -0.25) is 0 Å². The van der Waals surface area contributed by atoms with Crippen LogP contribution in [0.2, 0.25) is 0 Å². The van der Waals surface area contributed by atoms with Crippen LogP contribution in [0.25, 0.3) is 10.9 Å². The first-order valence-electron chi connectivity index (χ1n) is 3.89. The molecule has 0 amide bonds. The molecule has 0 saturated heterocycles. The smallest absolute Gasteiger partial charge is 0.337 e. The monoisotopic (exact) mass is 174 g/mol. The Bertz CT molecular complexity index is 471. The number of aryl methyl sites for hydroxylation is 1. The quantitative estimate of drug-likeness (QED) is 0.714. The number of hydrogen-bond acceptors (Lipinski definition) is 1. The van der Waals surface area contributed by atoms with Gasteiger partial charge in [0.05, 0.1) is 11.1 Å². The number of carbonyl (C=O) groups is 1. The summed E-state index contributed by atoms with van der Waals surface area (Å²) in [6.45, 7) is 0. The van der Waals surface area contributed by atoms with Gasteiger partial charge in [-0.1, -0.05) is 6.07 Å². The van der Waals surface area contributed by atoms with Crippen molar-refractivity contribution in [1.82, 2.24) is 4.57 Å². The van der Waals surface area contributed by atoms with E-state index < -0.39 is 5.97 Å². The topological polar surface area (TPSA) is 42.2 Å². The molecule has 0 unspecified atom stereocenters. The summed E-state index contributed by atoms with van der Waals surface area (Å²) in [5.74, 6) is -0.902. The molecule has 0 atom stereocenters. The molecule has 2 aromatic rings. The molecular formula is C10H8NO2. The third kappa shape index (κ3) is 1.09. The summed E-state index contributed by atoms with van der Waals surface area (Å²) in [5, 5.41) is 9.73. The molecule has 3 nitrogen and oxygen atoms in total.